The third-order valence-electron chi connectivity index (χ3n) is 8.18. The fourth-order valence-corrected chi connectivity index (χ4v) is 6.00. The fourth-order valence-electron chi connectivity index (χ4n) is 6.00. The van der Waals surface area contributed by atoms with Gasteiger partial charge in [-0.2, -0.15) is 0 Å². The van der Waals surface area contributed by atoms with E-state index in [-0.39, 0.29) is 30.4 Å². The van der Waals surface area contributed by atoms with Crippen molar-refractivity contribution in [2.45, 2.75) is 78.6 Å². The Hall–Kier alpha value is -4.31. The van der Waals surface area contributed by atoms with Gasteiger partial charge < -0.3 is 24.5 Å². The summed E-state index contributed by atoms with van der Waals surface area (Å²) in [5.74, 6) is -1.95. The number of carbonyl (C=O) groups excluding carboxylic acids is 1. The second kappa shape index (κ2) is 12.6. The molecule has 0 fully saturated rings. The summed E-state index contributed by atoms with van der Waals surface area (Å²) in [6, 6.07) is 9.26. The molecule has 0 aliphatic carbocycles. The number of aryl methyl sites for hydroxylation is 3. The number of nitrogens with one attached hydrogen (secondary N) is 1. The van der Waals surface area contributed by atoms with Gasteiger partial charge in [-0.05, 0) is 94.8 Å². The van der Waals surface area contributed by atoms with Crippen molar-refractivity contribution in [2.24, 2.45) is 7.05 Å². The zero-order valence-electron chi connectivity index (χ0n) is 26.5. The van der Waals surface area contributed by atoms with Crippen molar-refractivity contribution in [3.05, 3.63) is 81.7 Å². The van der Waals surface area contributed by atoms with Crippen LogP contribution in [0.4, 0.5) is 8.78 Å². The molecule has 2 N–H and O–H groups in total. The Labute approximate surface area is 261 Å². The highest BCUT2D eigenvalue weighted by atomic mass is 19.1. The van der Waals surface area contributed by atoms with Crippen LogP contribution in [0.25, 0.3) is 22.2 Å². The molecule has 0 radical (unpaired) electrons. The predicted octanol–water partition coefficient (Wildman–Crippen LogP) is 6.65. The van der Waals surface area contributed by atoms with Gasteiger partial charge in [-0.1, -0.05) is 12.1 Å². The van der Waals surface area contributed by atoms with E-state index in [1.807, 2.05) is 24.6 Å². The predicted molar refractivity (Wildman–Crippen MR) is 167 cm³/mol. The van der Waals surface area contributed by atoms with Gasteiger partial charge in [0.15, 0.2) is 17.7 Å². The molecule has 3 heterocycles. The fraction of sp³-hybridized carbons (Fsp3) is 0.400. The minimum Gasteiger partial charge on any atom is -0.490 e. The molecule has 10 heteroatoms. The van der Waals surface area contributed by atoms with Gasteiger partial charge in [0.05, 0.1) is 12.2 Å². The molecule has 1 amide bonds. The van der Waals surface area contributed by atoms with E-state index >= 15 is 4.39 Å². The van der Waals surface area contributed by atoms with E-state index in [1.165, 1.54) is 18.2 Å². The third kappa shape index (κ3) is 6.71. The Morgan fingerprint density at radius 3 is 2.53 bits per heavy atom. The number of rotatable bonds is 9. The quantitative estimate of drug-likeness (QED) is 0.218. The first-order valence-electron chi connectivity index (χ1n) is 15.1. The van der Waals surface area contributed by atoms with Crippen LogP contribution in [0.5, 0.6) is 5.75 Å². The summed E-state index contributed by atoms with van der Waals surface area (Å²) < 4.78 is 42.5. The molecule has 8 nitrogen and oxygen atoms in total. The Balaban J connectivity index is 1.60. The van der Waals surface area contributed by atoms with Crippen LogP contribution in [-0.4, -0.2) is 38.7 Å². The molecule has 0 saturated heterocycles. The summed E-state index contributed by atoms with van der Waals surface area (Å²) in [6.07, 6.45) is 0.580. The molecule has 1 aliphatic rings. The second-order valence-electron chi connectivity index (χ2n) is 12.6. The average molecular weight is 620 g/mol. The number of aliphatic carboxylic acids is 1. The number of carbonyl (C=O) groups is 2. The van der Waals surface area contributed by atoms with Crippen LogP contribution in [0.15, 0.2) is 36.4 Å². The van der Waals surface area contributed by atoms with Gasteiger partial charge in [-0.3, -0.25) is 4.79 Å². The molecule has 1 aliphatic heterocycles. The maximum atomic E-state index is 15.6. The lowest BCUT2D eigenvalue weighted by Crippen LogP contribution is -2.28. The monoisotopic (exact) mass is 619 g/mol. The summed E-state index contributed by atoms with van der Waals surface area (Å²) in [5, 5.41) is 13.9. The van der Waals surface area contributed by atoms with Gasteiger partial charge in [0.25, 0.3) is 0 Å². The summed E-state index contributed by atoms with van der Waals surface area (Å²) in [4.78, 5) is 30.3. The summed E-state index contributed by atoms with van der Waals surface area (Å²) >= 11 is 0. The van der Waals surface area contributed by atoms with E-state index in [2.05, 4.69) is 5.32 Å². The Bertz CT molecular complexity index is 1770. The number of pyridine rings is 1. The van der Waals surface area contributed by atoms with Gasteiger partial charge in [0, 0.05) is 53.5 Å². The van der Waals surface area contributed by atoms with Crippen molar-refractivity contribution in [2.75, 3.05) is 6.61 Å². The number of ether oxygens (including phenoxy) is 2. The van der Waals surface area contributed by atoms with Crippen LogP contribution >= 0.6 is 0 Å². The molecule has 0 bridgehead atoms. The molecule has 2 aromatic heterocycles. The lowest BCUT2D eigenvalue weighted by molar-refractivity contribution is -0.160. The minimum absolute atomic E-state index is 0.174. The van der Waals surface area contributed by atoms with Crippen molar-refractivity contribution in [3.8, 4) is 16.9 Å². The van der Waals surface area contributed by atoms with Gasteiger partial charge in [0.1, 0.15) is 11.5 Å². The first-order valence-corrected chi connectivity index (χ1v) is 15.1. The van der Waals surface area contributed by atoms with Crippen molar-refractivity contribution >= 4 is 22.9 Å². The van der Waals surface area contributed by atoms with Crippen molar-refractivity contribution in [1.29, 1.82) is 0 Å². The van der Waals surface area contributed by atoms with Gasteiger partial charge in [0.2, 0.25) is 5.91 Å². The first-order chi connectivity index (χ1) is 21.2. The SMILES string of the molecule is Cc1nc2c(cc(CCC(=O)NCc3ccc(F)cc3)n2C)c(-c2cc(F)c3c(c2C)CCCO3)c1[C@H](OC(C)(C)C)C(=O)O. The molecule has 0 saturated carbocycles. The number of nitrogens with zero attached hydrogens (tertiary/aromatic N) is 2. The topological polar surface area (TPSA) is 103 Å². The van der Waals surface area contributed by atoms with Crippen LogP contribution in [0.2, 0.25) is 0 Å². The summed E-state index contributed by atoms with van der Waals surface area (Å²) in [7, 11) is 1.85. The number of halogens is 2. The Kier molecular flexibility index (Phi) is 8.98. The number of aromatic nitrogens is 2. The summed E-state index contributed by atoms with van der Waals surface area (Å²) in [5.41, 5.74) is 4.86. The minimum atomic E-state index is -1.37. The third-order valence-corrected chi connectivity index (χ3v) is 8.18. The summed E-state index contributed by atoms with van der Waals surface area (Å²) in [6.45, 7) is 9.71. The molecular formula is C35H39F2N3O5. The maximum absolute atomic E-state index is 15.6. The molecule has 0 spiro atoms. The number of hydrogen-bond donors (Lipinski definition) is 2. The lowest BCUT2D eigenvalue weighted by Gasteiger charge is -2.29. The normalized spacial score (nSPS) is 13.8. The van der Waals surface area contributed by atoms with Crippen molar-refractivity contribution in [1.82, 2.24) is 14.9 Å². The van der Waals surface area contributed by atoms with Gasteiger partial charge in [-0.15, -0.1) is 0 Å². The number of fused-ring (bicyclic) bond motifs is 2. The highest BCUT2D eigenvalue weighted by molar-refractivity contribution is 5.99. The van der Waals surface area contributed by atoms with Crippen LogP contribution in [0.3, 0.4) is 0 Å². The number of amides is 1. The van der Waals surface area contributed by atoms with Crippen LogP contribution in [0.1, 0.15) is 73.4 Å². The highest BCUT2D eigenvalue weighted by Crippen LogP contribution is 2.44. The molecule has 5 rings (SSSR count). The second-order valence-corrected chi connectivity index (χ2v) is 12.6. The highest BCUT2D eigenvalue weighted by Gasteiger charge is 2.34. The van der Waals surface area contributed by atoms with Crippen LogP contribution in [0, 0.1) is 25.5 Å². The Morgan fingerprint density at radius 2 is 1.87 bits per heavy atom. The maximum Gasteiger partial charge on any atom is 0.337 e. The standard InChI is InChI=1S/C35H39F2N3O5/c1-19-24-8-7-15-44-31(24)27(37)17-25(19)30-26-16-23(13-14-28(41)38-18-21-9-11-22(36)12-10-21)40(6)33(26)39-20(2)29(30)32(34(42)43)45-35(3,4)5/h9-12,16-17,32H,7-8,13-15,18H2,1-6H3,(H,38,41)(H,42,43)/t32-/m0/s1. The van der Waals surface area contributed by atoms with Crippen LogP contribution in [-0.2, 0) is 40.8 Å². The van der Waals surface area contributed by atoms with E-state index < -0.39 is 23.5 Å². The average Bonchev–Trinajstić information content (AvgIpc) is 3.30. The zero-order chi connectivity index (χ0) is 32.6. The Morgan fingerprint density at radius 1 is 1.16 bits per heavy atom. The van der Waals surface area contributed by atoms with E-state index in [0.29, 0.717) is 52.9 Å². The molecule has 4 aromatic rings. The molecule has 238 valence electrons. The van der Waals surface area contributed by atoms with Crippen molar-refractivity contribution < 1.29 is 33.0 Å². The number of carboxylic acids is 1. The van der Waals surface area contributed by atoms with Crippen molar-refractivity contribution in [3.63, 3.8) is 0 Å². The molecule has 0 unspecified atom stereocenters. The molecular weight excluding hydrogens is 580 g/mol. The molecule has 1 atom stereocenters. The lowest BCUT2D eigenvalue weighted by atomic mass is 9.86. The number of carboxylic acid groups (broad SMARTS) is 1. The number of hydrogen-bond acceptors (Lipinski definition) is 5. The number of benzene rings is 2. The van der Waals surface area contributed by atoms with E-state index in [1.54, 1.807) is 39.8 Å². The van der Waals surface area contributed by atoms with Gasteiger partial charge in [-0.25, -0.2) is 18.6 Å². The van der Waals surface area contributed by atoms with Crippen LogP contribution < -0.4 is 10.1 Å². The largest absolute Gasteiger partial charge is 0.490 e. The first kappa shape index (κ1) is 32.1. The zero-order valence-corrected chi connectivity index (χ0v) is 26.5. The smallest absolute Gasteiger partial charge is 0.337 e. The molecule has 2 aromatic carbocycles. The van der Waals surface area contributed by atoms with E-state index in [0.717, 1.165) is 28.8 Å². The van der Waals surface area contributed by atoms with E-state index in [4.69, 9.17) is 14.5 Å². The van der Waals surface area contributed by atoms with Gasteiger partial charge >= 0.3 is 5.97 Å². The molecule has 45 heavy (non-hydrogen) atoms. The van der Waals surface area contributed by atoms with E-state index in [9.17, 15) is 19.1 Å².